The second-order valence-electron chi connectivity index (χ2n) is 8.27. The van der Waals surface area contributed by atoms with E-state index in [0.717, 1.165) is 19.4 Å². The first-order valence-corrected chi connectivity index (χ1v) is 13.1. The number of aliphatic hydroxyl groups excluding tert-OH is 1. The number of aromatic amines is 1. The first-order valence-electron chi connectivity index (χ1n) is 11.6. The molecule has 0 spiro atoms. The van der Waals surface area contributed by atoms with Gasteiger partial charge in [-0.25, -0.2) is 9.36 Å². The zero-order valence-corrected chi connectivity index (χ0v) is 22.3. The summed E-state index contributed by atoms with van der Waals surface area (Å²) in [5.41, 5.74) is -4.55. The van der Waals surface area contributed by atoms with Crippen LogP contribution >= 0.6 is 7.75 Å². The number of aliphatic hydroxyl groups is 2. The van der Waals surface area contributed by atoms with Gasteiger partial charge in [0.05, 0.1) is 12.7 Å². The first kappa shape index (κ1) is 31.0. The van der Waals surface area contributed by atoms with Crippen LogP contribution in [0.5, 0.6) is 5.75 Å². The molecule has 2 aromatic rings. The van der Waals surface area contributed by atoms with Gasteiger partial charge in [-0.05, 0) is 38.3 Å². The van der Waals surface area contributed by atoms with E-state index >= 15 is 0 Å². The second kappa shape index (κ2) is 13.5. The lowest BCUT2D eigenvalue weighted by atomic mass is 10.0. The number of benzene rings is 1. The molecule has 38 heavy (non-hydrogen) atoms. The number of methoxy groups -OCH3 is 1. The molecule has 0 radical (unpaired) electrons. The fourth-order valence-electron chi connectivity index (χ4n) is 3.09. The molecule has 1 aromatic carbocycles. The van der Waals surface area contributed by atoms with Crippen molar-refractivity contribution in [3.05, 3.63) is 63.4 Å². The van der Waals surface area contributed by atoms with Crippen LogP contribution in [0, 0.1) is 12.3 Å². The summed E-state index contributed by atoms with van der Waals surface area (Å²) < 4.78 is 35.7. The van der Waals surface area contributed by atoms with E-state index in [9.17, 15) is 29.2 Å². The van der Waals surface area contributed by atoms with Crippen LogP contribution in [0.25, 0.3) is 0 Å². The highest BCUT2D eigenvalue weighted by Gasteiger charge is 2.44. The van der Waals surface area contributed by atoms with Gasteiger partial charge in [0.2, 0.25) is 5.72 Å². The molecule has 1 heterocycles. The Balaban J connectivity index is 2.30. The number of para-hydroxylation sites is 1. The topological polar surface area (TPSA) is 178 Å². The fraction of sp³-hybridized carbons (Fsp3) is 0.458. The molecule has 13 nitrogen and oxygen atoms in total. The first-order chi connectivity index (χ1) is 17.9. The molecule has 0 saturated carbocycles. The molecule has 208 valence electrons. The Kier molecular flexibility index (Phi) is 11.0. The zero-order chi connectivity index (χ0) is 28.5. The predicted octanol–water partition coefficient (Wildman–Crippen LogP) is 0.714. The summed E-state index contributed by atoms with van der Waals surface area (Å²) in [6.07, 6.45) is 3.00. The third kappa shape index (κ3) is 7.88. The summed E-state index contributed by atoms with van der Waals surface area (Å²) in [5.74, 6) is 1.34. The van der Waals surface area contributed by atoms with Crippen LogP contribution < -0.4 is 20.9 Å². The van der Waals surface area contributed by atoms with Gasteiger partial charge in [-0.1, -0.05) is 25.1 Å². The maximum Gasteiger partial charge on any atom is 0.459 e. The van der Waals surface area contributed by atoms with Gasteiger partial charge in [0.15, 0.2) is 0 Å². The number of nitrogens with one attached hydrogen (secondary N) is 2. The number of hydrogen-bond acceptors (Lipinski definition) is 10. The Bertz CT molecular complexity index is 1270. The number of terminal acetylenes is 1. The Morgan fingerprint density at radius 1 is 1.26 bits per heavy atom. The predicted molar refractivity (Wildman–Crippen MR) is 136 cm³/mol. The Labute approximate surface area is 219 Å². The van der Waals surface area contributed by atoms with Crippen molar-refractivity contribution in [1.82, 2.24) is 14.6 Å². The number of carbonyl (C=O) groups excluding carboxylic acids is 1. The van der Waals surface area contributed by atoms with Gasteiger partial charge in [0.25, 0.3) is 5.56 Å². The number of hydrogen-bond donors (Lipinski definition) is 4. The maximum absolute atomic E-state index is 13.7. The van der Waals surface area contributed by atoms with Crippen LogP contribution in [0.2, 0.25) is 0 Å². The van der Waals surface area contributed by atoms with E-state index in [2.05, 4.69) is 5.09 Å². The van der Waals surface area contributed by atoms with Crippen molar-refractivity contribution in [3.63, 3.8) is 0 Å². The van der Waals surface area contributed by atoms with E-state index in [1.54, 1.807) is 25.1 Å². The van der Waals surface area contributed by atoms with Crippen molar-refractivity contribution >= 4 is 13.7 Å². The van der Waals surface area contributed by atoms with Gasteiger partial charge in [0, 0.05) is 19.4 Å². The lowest BCUT2D eigenvalue weighted by Gasteiger charge is -2.34. The number of ether oxygens (including phenoxy) is 2. The summed E-state index contributed by atoms with van der Waals surface area (Å²) in [4.78, 5) is 38.0. The average Bonchev–Trinajstić information content (AvgIpc) is 2.88. The molecule has 0 aliphatic carbocycles. The zero-order valence-electron chi connectivity index (χ0n) is 21.4. The summed E-state index contributed by atoms with van der Waals surface area (Å²) in [6.45, 7) is 4.24. The van der Waals surface area contributed by atoms with E-state index in [-0.39, 0.29) is 11.9 Å². The molecule has 1 unspecified atom stereocenters. The molecule has 4 N–H and O–H groups in total. The van der Waals surface area contributed by atoms with E-state index in [1.165, 1.54) is 19.1 Å². The molecule has 6 atom stereocenters. The Hall–Kier alpha value is -3.24. The van der Waals surface area contributed by atoms with Crippen molar-refractivity contribution in [3.8, 4) is 18.1 Å². The van der Waals surface area contributed by atoms with Gasteiger partial charge in [-0.3, -0.25) is 23.7 Å². The highest BCUT2D eigenvalue weighted by Crippen LogP contribution is 2.45. The largest absolute Gasteiger partial charge is 0.462 e. The minimum Gasteiger partial charge on any atom is -0.462 e. The standard InChI is InChI=1S/C24H32N3O10P/c1-6-16(3)36-22(30)17(4)26-38(33,37-18-11-9-8-10-12-18)35-15-19(34-5)21(29)24(32,7-2)27-14-13-20(28)25-23(27)31/h2,8-14,16-17,19,21,29,32H,6,15H2,1,3-5H3,(H,26,33)(H,25,28,31)/t16-,17+,19-,21-,24-,38?/m1/s1. The monoisotopic (exact) mass is 553 g/mol. The fourth-order valence-corrected chi connectivity index (χ4v) is 4.59. The highest BCUT2D eigenvalue weighted by molar-refractivity contribution is 7.52. The smallest absolute Gasteiger partial charge is 0.459 e. The minimum atomic E-state index is -4.35. The molecule has 1 aromatic heterocycles. The number of carbonyl (C=O) groups is 1. The highest BCUT2D eigenvalue weighted by atomic mass is 31.2. The third-order valence-corrected chi connectivity index (χ3v) is 7.09. The molecule has 0 fully saturated rings. The second-order valence-corrected chi connectivity index (χ2v) is 9.97. The number of rotatable bonds is 14. The van der Waals surface area contributed by atoms with Crippen molar-refractivity contribution in [2.24, 2.45) is 0 Å². The third-order valence-electron chi connectivity index (χ3n) is 5.45. The number of H-pyrrole nitrogens is 1. The van der Waals surface area contributed by atoms with Gasteiger partial charge in [0.1, 0.15) is 24.0 Å². The average molecular weight is 554 g/mol. The van der Waals surface area contributed by atoms with Crippen molar-refractivity contribution in [1.29, 1.82) is 0 Å². The molecular weight excluding hydrogens is 521 g/mol. The van der Waals surface area contributed by atoms with Crippen molar-refractivity contribution < 1.29 is 38.1 Å². The normalized spacial score (nSPS) is 17.6. The lowest BCUT2D eigenvalue weighted by molar-refractivity contribution is -0.154. The minimum absolute atomic E-state index is 0.139. The molecule has 0 amide bonds. The van der Waals surface area contributed by atoms with Gasteiger partial charge >= 0.3 is 19.4 Å². The summed E-state index contributed by atoms with van der Waals surface area (Å²) in [7, 11) is -3.20. The SMILES string of the molecule is C#C[C@@](O)([C@H](O)[C@@H](COP(=O)(N[C@@H](C)C(=O)O[C@H](C)CC)Oc1ccccc1)OC)n1ccc(=O)[nH]c1=O. The van der Waals surface area contributed by atoms with Crippen LogP contribution in [0.3, 0.4) is 0 Å². The molecular formula is C24H32N3O10P. The lowest BCUT2D eigenvalue weighted by Crippen LogP contribution is -2.56. The van der Waals surface area contributed by atoms with Gasteiger partial charge in [-0.2, -0.15) is 5.09 Å². The summed E-state index contributed by atoms with van der Waals surface area (Å²) >= 11 is 0. The van der Waals surface area contributed by atoms with E-state index < -0.39 is 55.5 Å². The molecule has 0 bridgehead atoms. The number of aromatic nitrogens is 2. The summed E-state index contributed by atoms with van der Waals surface area (Å²) in [5, 5.41) is 24.3. The van der Waals surface area contributed by atoms with Gasteiger partial charge < -0.3 is 24.2 Å². The maximum atomic E-state index is 13.7. The van der Waals surface area contributed by atoms with Crippen LogP contribution in [-0.4, -0.2) is 63.8 Å². The summed E-state index contributed by atoms with van der Waals surface area (Å²) in [6, 6.07) is 7.74. The molecule has 0 aliphatic heterocycles. The van der Waals surface area contributed by atoms with Crippen LogP contribution in [0.1, 0.15) is 27.2 Å². The van der Waals surface area contributed by atoms with E-state index in [1.807, 2.05) is 17.8 Å². The molecule has 14 heteroatoms. The Morgan fingerprint density at radius 2 is 1.92 bits per heavy atom. The number of nitrogens with zero attached hydrogens (tertiary/aromatic N) is 1. The van der Waals surface area contributed by atoms with Crippen LogP contribution in [0.4, 0.5) is 0 Å². The molecule has 0 saturated heterocycles. The van der Waals surface area contributed by atoms with E-state index in [4.69, 9.17) is 24.9 Å². The van der Waals surface area contributed by atoms with Gasteiger partial charge in [-0.15, -0.1) is 6.42 Å². The molecule has 0 aliphatic rings. The van der Waals surface area contributed by atoms with Crippen molar-refractivity contribution in [2.45, 2.75) is 57.3 Å². The van der Waals surface area contributed by atoms with Crippen molar-refractivity contribution in [2.75, 3.05) is 13.7 Å². The van der Waals surface area contributed by atoms with Crippen LogP contribution in [-0.2, 0) is 29.1 Å². The quantitative estimate of drug-likeness (QED) is 0.147. The Morgan fingerprint density at radius 3 is 2.47 bits per heavy atom. The van der Waals surface area contributed by atoms with Crippen LogP contribution in [0.15, 0.2) is 52.2 Å². The number of esters is 1. The molecule has 2 rings (SSSR count). The van der Waals surface area contributed by atoms with E-state index in [0.29, 0.717) is 11.0 Å².